The summed E-state index contributed by atoms with van der Waals surface area (Å²) in [5.74, 6) is -1.00. The lowest BCUT2D eigenvalue weighted by Crippen LogP contribution is -2.33. The molecule has 4 nitrogen and oxygen atoms in total. The van der Waals surface area contributed by atoms with Gasteiger partial charge in [-0.05, 0) is 49.1 Å². The molecule has 0 fully saturated rings. The van der Waals surface area contributed by atoms with Crippen molar-refractivity contribution in [2.75, 3.05) is 6.61 Å². The first-order chi connectivity index (χ1) is 11.9. The molecule has 0 saturated carbocycles. The van der Waals surface area contributed by atoms with E-state index in [-0.39, 0.29) is 18.8 Å². The van der Waals surface area contributed by atoms with Gasteiger partial charge in [-0.15, -0.1) is 0 Å². The fourth-order valence-electron chi connectivity index (χ4n) is 2.55. The van der Waals surface area contributed by atoms with Crippen LogP contribution in [0.5, 0.6) is 0 Å². The van der Waals surface area contributed by atoms with E-state index in [2.05, 4.69) is 0 Å². The topological polar surface area (TPSA) is 72.5 Å². The Balaban J connectivity index is 2.00. The molecule has 0 heterocycles. The lowest BCUT2D eigenvalue weighted by Gasteiger charge is -2.16. The second-order valence-electron chi connectivity index (χ2n) is 5.79. The summed E-state index contributed by atoms with van der Waals surface area (Å²) in [5, 5.41) is 10.2. The first-order valence-electron chi connectivity index (χ1n) is 8.05. The van der Waals surface area contributed by atoms with Gasteiger partial charge in [-0.25, -0.2) is 9.18 Å². The van der Waals surface area contributed by atoms with E-state index < -0.39 is 18.1 Å². The minimum Gasteiger partial charge on any atom is -0.464 e. The number of carbonyl (C=O) groups excluding carboxylic acids is 1. The van der Waals surface area contributed by atoms with Crippen molar-refractivity contribution < 1.29 is 19.0 Å². The molecule has 0 amide bonds. The van der Waals surface area contributed by atoms with Crippen LogP contribution in [0.2, 0.25) is 5.02 Å². The van der Waals surface area contributed by atoms with Crippen LogP contribution in [0, 0.1) is 5.82 Å². The van der Waals surface area contributed by atoms with Gasteiger partial charge in [-0.2, -0.15) is 0 Å². The van der Waals surface area contributed by atoms with E-state index in [0.29, 0.717) is 22.6 Å². The zero-order valence-corrected chi connectivity index (χ0v) is 14.7. The number of esters is 1. The number of halogens is 2. The van der Waals surface area contributed by atoms with E-state index in [1.165, 1.54) is 12.1 Å². The highest BCUT2D eigenvalue weighted by molar-refractivity contribution is 6.30. The molecule has 0 aliphatic carbocycles. The number of carbonyl (C=O) groups is 1. The quantitative estimate of drug-likeness (QED) is 0.738. The van der Waals surface area contributed by atoms with E-state index in [1.807, 2.05) is 12.1 Å². The third kappa shape index (κ3) is 5.53. The van der Waals surface area contributed by atoms with E-state index in [4.69, 9.17) is 22.1 Å². The van der Waals surface area contributed by atoms with Crippen LogP contribution in [0.25, 0.3) is 11.1 Å². The summed E-state index contributed by atoms with van der Waals surface area (Å²) in [7, 11) is 0. The average molecular weight is 366 g/mol. The van der Waals surface area contributed by atoms with Crippen molar-refractivity contribution in [3.8, 4) is 11.1 Å². The molecule has 0 aliphatic rings. The van der Waals surface area contributed by atoms with E-state index in [9.17, 15) is 14.3 Å². The molecule has 25 heavy (non-hydrogen) atoms. The molecular formula is C19H21ClFNO3. The molecule has 3 N–H and O–H groups in total. The third-order valence-corrected chi connectivity index (χ3v) is 4.01. The van der Waals surface area contributed by atoms with Crippen LogP contribution in [0.3, 0.4) is 0 Å². The maximum Gasteiger partial charge on any atom is 0.335 e. The first kappa shape index (κ1) is 19.4. The molecule has 2 aromatic rings. The zero-order chi connectivity index (χ0) is 18.4. The number of ether oxygens (including phenoxy) is 1. The summed E-state index contributed by atoms with van der Waals surface area (Å²) in [6.07, 6.45) is -0.632. The van der Waals surface area contributed by atoms with Crippen LogP contribution < -0.4 is 5.73 Å². The molecule has 0 spiro atoms. The van der Waals surface area contributed by atoms with Gasteiger partial charge in [0.1, 0.15) is 5.82 Å². The Morgan fingerprint density at radius 3 is 2.60 bits per heavy atom. The molecule has 2 rings (SSSR count). The molecule has 0 saturated heterocycles. The van der Waals surface area contributed by atoms with Crippen molar-refractivity contribution in [1.82, 2.24) is 0 Å². The van der Waals surface area contributed by atoms with Gasteiger partial charge in [-0.3, -0.25) is 0 Å². The number of aliphatic hydroxyl groups is 1. The van der Waals surface area contributed by atoms with Crippen molar-refractivity contribution in [2.45, 2.75) is 31.9 Å². The smallest absolute Gasteiger partial charge is 0.335 e. The van der Waals surface area contributed by atoms with Crippen LogP contribution >= 0.6 is 11.6 Å². The maximum atomic E-state index is 13.9. The Morgan fingerprint density at radius 1 is 1.28 bits per heavy atom. The first-order valence-corrected chi connectivity index (χ1v) is 8.43. The number of nitrogens with two attached hydrogens (primary N) is 1. The van der Waals surface area contributed by atoms with Crippen molar-refractivity contribution in [3.05, 3.63) is 58.9 Å². The molecule has 2 unspecified atom stereocenters. The van der Waals surface area contributed by atoms with Gasteiger partial charge in [0.15, 0.2) is 6.10 Å². The highest BCUT2D eigenvalue weighted by Crippen LogP contribution is 2.26. The summed E-state index contributed by atoms with van der Waals surface area (Å²) in [5.41, 5.74) is 8.06. The second kappa shape index (κ2) is 8.94. The van der Waals surface area contributed by atoms with Crippen molar-refractivity contribution in [3.63, 3.8) is 0 Å². The van der Waals surface area contributed by atoms with Crippen LogP contribution in [-0.2, 0) is 16.0 Å². The van der Waals surface area contributed by atoms with Gasteiger partial charge < -0.3 is 15.6 Å². The van der Waals surface area contributed by atoms with Gasteiger partial charge in [0.2, 0.25) is 0 Å². The molecule has 0 radical (unpaired) electrons. The highest BCUT2D eigenvalue weighted by atomic mass is 35.5. The fraction of sp³-hybridized carbons (Fsp3) is 0.316. The molecule has 0 aromatic heterocycles. The normalized spacial score (nSPS) is 13.3. The van der Waals surface area contributed by atoms with Crippen molar-refractivity contribution >= 4 is 17.6 Å². The predicted octanol–water partition coefficient (Wildman–Crippen LogP) is 3.33. The van der Waals surface area contributed by atoms with Gasteiger partial charge in [-0.1, -0.05) is 35.9 Å². The van der Waals surface area contributed by atoms with Crippen LogP contribution in [-0.4, -0.2) is 29.8 Å². The lowest BCUT2D eigenvalue weighted by atomic mass is 9.98. The van der Waals surface area contributed by atoms with E-state index >= 15 is 0 Å². The summed E-state index contributed by atoms with van der Waals surface area (Å²) < 4.78 is 18.6. The van der Waals surface area contributed by atoms with Crippen LogP contribution in [0.15, 0.2) is 42.5 Å². The lowest BCUT2D eigenvalue weighted by molar-refractivity contribution is -0.153. The fourth-order valence-corrected chi connectivity index (χ4v) is 2.72. The predicted molar refractivity (Wildman–Crippen MR) is 95.8 cm³/mol. The van der Waals surface area contributed by atoms with Gasteiger partial charge >= 0.3 is 5.97 Å². The molecule has 2 aromatic carbocycles. The molecular weight excluding hydrogens is 345 g/mol. The standard InChI is InChI=1S/C19H21ClFNO3/c1-2-25-19(24)18(23)11-15(22)9-12-3-5-13(6-4-12)16-10-14(20)7-8-17(16)21/h3-8,10,15,18,23H,2,9,11,22H2,1H3. The second-order valence-corrected chi connectivity index (χ2v) is 6.23. The van der Waals surface area contributed by atoms with Crippen molar-refractivity contribution in [1.29, 1.82) is 0 Å². The Labute approximate surface area is 151 Å². The number of hydrogen-bond acceptors (Lipinski definition) is 4. The van der Waals surface area contributed by atoms with Gasteiger partial charge in [0.25, 0.3) is 0 Å². The largest absolute Gasteiger partial charge is 0.464 e. The molecule has 6 heteroatoms. The Morgan fingerprint density at radius 2 is 1.96 bits per heavy atom. The third-order valence-electron chi connectivity index (χ3n) is 3.78. The summed E-state index contributed by atoms with van der Waals surface area (Å²) in [6, 6.07) is 11.3. The summed E-state index contributed by atoms with van der Waals surface area (Å²) in [6.45, 7) is 1.89. The Kier molecular flexibility index (Phi) is 6.93. The highest BCUT2D eigenvalue weighted by Gasteiger charge is 2.19. The van der Waals surface area contributed by atoms with Crippen LogP contribution in [0.1, 0.15) is 18.9 Å². The number of aliphatic hydroxyl groups excluding tert-OH is 1. The summed E-state index contributed by atoms with van der Waals surface area (Å²) >= 11 is 5.92. The molecule has 134 valence electrons. The van der Waals surface area contributed by atoms with Crippen molar-refractivity contribution in [2.24, 2.45) is 5.73 Å². The van der Waals surface area contributed by atoms with E-state index in [1.54, 1.807) is 25.1 Å². The SMILES string of the molecule is CCOC(=O)C(O)CC(N)Cc1ccc(-c2cc(Cl)ccc2F)cc1. The minimum atomic E-state index is -1.23. The zero-order valence-electron chi connectivity index (χ0n) is 13.9. The Hall–Kier alpha value is -1.95. The molecule has 0 aliphatic heterocycles. The number of benzene rings is 2. The van der Waals surface area contributed by atoms with Gasteiger partial charge in [0.05, 0.1) is 6.61 Å². The Bertz CT molecular complexity index is 721. The summed E-state index contributed by atoms with van der Waals surface area (Å²) in [4.78, 5) is 11.4. The maximum absolute atomic E-state index is 13.9. The minimum absolute atomic E-state index is 0.115. The number of rotatable bonds is 7. The monoisotopic (exact) mass is 365 g/mol. The number of hydrogen-bond donors (Lipinski definition) is 2. The van der Waals surface area contributed by atoms with E-state index in [0.717, 1.165) is 5.56 Å². The van der Waals surface area contributed by atoms with Gasteiger partial charge in [0, 0.05) is 16.6 Å². The average Bonchev–Trinajstić information content (AvgIpc) is 2.58. The molecule has 2 atom stereocenters. The van der Waals surface area contributed by atoms with Crippen LogP contribution in [0.4, 0.5) is 4.39 Å². The molecule has 0 bridgehead atoms.